The van der Waals surface area contributed by atoms with Gasteiger partial charge in [0.15, 0.2) is 0 Å². The van der Waals surface area contributed by atoms with E-state index in [1.54, 1.807) is 17.4 Å². The van der Waals surface area contributed by atoms with Gasteiger partial charge in [0.05, 0.1) is 5.56 Å². The Balaban J connectivity index is 2.14. The highest BCUT2D eigenvalue weighted by molar-refractivity contribution is 7.09. The molecular formula is C14H15NO2S. The zero-order chi connectivity index (χ0) is 13.1. The normalized spacial score (nSPS) is 10.3. The minimum absolute atomic E-state index is 0.295. The van der Waals surface area contributed by atoms with E-state index in [9.17, 15) is 4.79 Å². The first kappa shape index (κ1) is 12.6. The molecule has 4 heteroatoms. The van der Waals surface area contributed by atoms with Crippen LogP contribution >= 0.6 is 11.3 Å². The number of nitrogens with two attached hydrogens (primary N) is 1. The Morgan fingerprint density at radius 2 is 2.17 bits per heavy atom. The first-order chi connectivity index (χ1) is 8.58. The molecule has 0 unspecified atom stereocenters. The third-order valence-corrected chi connectivity index (χ3v) is 3.53. The highest BCUT2D eigenvalue weighted by Crippen LogP contribution is 2.21. The van der Waals surface area contributed by atoms with Crippen LogP contribution in [0.1, 0.15) is 26.4 Å². The van der Waals surface area contributed by atoms with Crippen molar-refractivity contribution in [2.24, 2.45) is 0 Å². The fourth-order valence-corrected chi connectivity index (χ4v) is 2.37. The van der Waals surface area contributed by atoms with Crippen LogP contribution in [0.15, 0.2) is 29.6 Å². The topological polar surface area (TPSA) is 52.3 Å². The maximum Gasteiger partial charge on any atom is 0.340 e. The van der Waals surface area contributed by atoms with Crippen molar-refractivity contribution in [2.45, 2.75) is 20.5 Å². The molecule has 1 heterocycles. The maximum atomic E-state index is 12.0. The summed E-state index contributed by atoms with van der Waals surface area (Å²) in [5.41, 5.74) is 8.75. The lowest BCUT2D eigenvalue weighted by Crippen LogP contribution is -2.09. The predicted molar refractivity (Wildman–Crippen MR) is 73.8 cm³/mol. The van der Waals surface area contributed by atoms with Crippen LogP contribution in [-0.4, -0.2) is 5.97 Å². The fourth-order valence-electron chi connectivity index (χ4n) is 1.76. The van der Waals surface area contributed by atoms with Crippen LogP contribution in [0.2, 0.25) is 0 Å². The molecule has 3 nitrogen and oxygen atoms in total. The summed E-state index contributed by atoms with van der Waals surface area (Å²) in [5.74, 6) is -0.368. The molecule has 0 spiro atoms. The Kier molecular flexibility index (Phi) is 3.67. The molecule has 18 heavy (non-hydrogen) atoms. The van der Waals surface area contributed by atoms with Gasteiger partial charge in [0, 0.05) is 10.6 Å². The molecule has 1 aromatic heterocycles. The summed E-state index contributed by atoms with van der Waals surface area (Å²) in [4.78, 5) is 13.0. The van der Waals surface area contributed by atoms with E-state index in [-0.39, 0.29) is 5.97 Å². The lowest BCUT2D eigenvalue weighted by Gasteiger charge is -2.09. The molecular weight excluding hydrogens is 246 g/mol. The Labute approximate surface area is 110 Å². The van der Waals surface area contributed by atoms with Crippen molar-refractivity contribution < 1.29 is 9.53 Å². The highest BCUT2D eigenvalue weighted by Gasteiger charge is 2.13. The number of rotatable bonds is 3. The minimum atomic E-state index is -0.368. The number of hydrogen-bond donors (Lipinski definition) is 1. The zero-order valence-electron chi connectivity index (χ0n) is 10.4. The van der Waals surface area contributed by atoms with Gasteiger partial charge in [-0.2, -0.15) is 0 Å². The second kappa shape index (κ2) is 5.23. The molecule has 0 aliphatic rings. The molecule has 2 aromatic rings. The van der Waals surface area contributed by atoms with Gasteiger partial charge in [0.25, 0.3) is 0 Å². The average molecular weight is 261 g/mol. The smallest absolute Gasteiger partial charge is 0.340 e. The zero-order valence-corrected chi connectivity index (χ0v) is 11.2. The number of ether oxygens (including phenoxy) is 1. The van der Waals surface area contributed by atoms with E-state index >= 15 is 0 Å². The van der Waals surface area contributed by atoms with E-state index in [4.69, 9.17) is 10.5 Å². The highest BCUT2D eigenvalue weighted by atomic mass is 32.1. The maximum absolute atomic E-state index is 12.0. The van der Waals surface area contributed by atoms with E-state index in [1.165, 1.54) is 0 Å². The van der Waals surface area contributed by atoms with Gasteiger partial charge >= 0.3 is 5.97 Å². The second-order valence-corrected chi connectivity index (χ2v) is 5.23. The Morgan fingerprint density at radius 1 is 1.39 bits per heavy atom. The summed E-state index contributed by atoms with van der Waals surface area (Å²) < 4.78 is 5.25. The van der Waals surface area contributed by atoms with Crippen molar-refractivity contribution in [1.29, 1.82) is 0 Å². The summed E-state index contributed by atoms with van der Waals surface area (Å²) in [7, 11) is 0. The van der Waals surface area contributed by atoms with Gasteiger partial charge < -0.3 is 10.5 Å². The van der Waals surface area contributed by atoms with Crippen molar-refractivity contribution >= 4 is 23.0 Å². The summed E-state index contributed by atoms with van der Waals surface area (Å²) in [6.07, 6.45) is 0. The van der Waals surface area contributed by atoms with Gasteiger partial charge in [-0.3, -0.25) is 0 Å². The monoisotopic (exact) mass is 261 g/mol. The number of aryl methyl sites for hydroxylation is 2. The van der Waals surface area contributed by atoms with Crippen LogP contribution in [0.3, 0.4) is 0 Å². The van der Waals surface area contributed by atoms with E-state index in [2.05, 4.69) is 0 Å². The van der Waals surface area contributed by atoms with E-state index in [1.807, 2.05) is 37.4 Å². The SMILES string of the molecule is Cc1cc(C)c(N)c(C(=O)OCc2cccs2)c1. The number of esters is 1. The summed E-state index contributed by atoms with van der Waals surface area (Å²) in [5, 5.41) is 1.95. The van der Waals surface area contributed by atoms with E-state index in [0.717, 1.165) is 16.0 Å². The molecule has 0 aliphatic heterocycles. The molecule has 94 valence electrons. The molecule has 0 fully saturated rings. The Bertz CT molecular complexity index is 561. The number of carbonyl (C=O) groups is 1. The Hall–Kier alpha value is -1.81. The lowest BCUT2D eigenvalue weighted by atomic mass is 10.0. The lowest BCUT2D eigenvalue weighted by molar-refractivity contribution is 0.0478. The van der Waals surface area contributed by atoms with Crippen molar-refractivity contribution in [3.05, 3.63) is 51.2 Å². The molecule has 0 saturated heterocycles. The van der Waals surface area contributed by atoms with Crippen molar-refractivity contribution in [3.8, 4) is 0 Å². The molecule has 0 radical (unpaired) electrons. The summed E-state index contributed by atoms with van der Waals surface area (Å²) in [6.45, 7) is 4.11. The Morgan fingerprint density at radius 3 is 2.83 bits per heavy atom. The van der Waals surface area contributed by atoms with Crippen LogP contribution in [0.25, 0.3) is 0 Å². The molecule has 0 amide bonds. The van der Waals surface area contributed by atoms with E-state index < -0.39 is 0 Å². The number of hydrogen-bond acceptors (Lipinski definition) is 4. The third-order valence-electron chi connectivity index (χ3n) is 2.68. The number of nitrogen functional groups attached to an aromatic ring is 1. The second-order valence-electron chi connectivity index (χ2n) is 4.20. The molecule has 0 bridgehead atoms. The molecule has 1 aromatic carbocycles. The van der Waals surface area contributed by atoms with Gasteiger partial charge in [-0.15, -0.1) is 11.3 Å². The molecule has 2 rings (SSSR count). The van der Waals surface area contributed by atoms with Gasteiger partial charge in [-0.1, -0.05) is 12.1 Å². The van der Waals surface area contributed by atoms with Crippen LogP contribution in [0.4, 0.5) is 5.69 Å². The number of benzene rings is 1. The van der Waals surface area contributed by atoms with E-state index in [0.29, 0.717) is 17.9 Å². The first-order valence-corrected chi connectivity index (χ1v) is 6.52. The van der Waals surface area contributed by atoms with Gasteiger partial charge in [0.1, 0.15) is 6.61 Å². The molecule has 0 saturated carbocycles. The van der Waals surface area contributed by atoms with Gasteiger partial charge in [0.2, 0.25) is 0 Å². The molecule has 2 N–H and O–H groups in total. The quantitative estimate of drug-likeness (QED) is 0.681. The van der Waals surface area contributed by atoms with Crippen molar-refractivity contribution in [2.75, 3.05) is 5.73 Å². The third kappa shape index (κ3) is 2.71. The predicted octanol–water partition coefficient (Wildman–Crippen LogP) is 3.30. The number of thiophene rings is 1. The molecule has 0 atom stereocenters. The van der Waals surface area contributed by atoms with Crippen LogP contribution in [-0.2, 0) is 11.3 Å². The fraction of sp³-hybridized carbons (Fsp3) is 0.214. The number of anilines is 1. The summed E-state index contributed by atoms with van der Waals surface area (Å²) >= 11 is 1.56. The largest absolute Gasteiger partial charge is 0.456 e. The van der Waals surface area contributed by atoms with Crippen LogP contribution in [0.5, 0.6) is 0 Å². The van der Waals surface area contributed by atoms with Gasteiger partial charge in [-0.05, 0) is 42.5 Å². The number of carbonyl (C=O) groups excluding carboxylic acids is 1. The first-order valence-electron chi connectivity index (χ1n) is 5.64. The molecule has 0 aliphatic carbocycles. The van der Waals surface area contributed by atoms with Crippen molar-refractivity contribution in [3.63, 3.8) is 0 Å². The van der Waals surface area contributed by atoms with Crippen molar-refractivity contribution in [1.82, 2.24) is 0 Å². The van der Waals surface area contributed by atoms with Crippen LogP contribution in [0, 0.1) is 13.8 Å². The summed E-state index contributed by atoms with van der Waals surface area (Å²) in [6, 6.07) is 7.58. The van der Waals surface area contributed by atoms with Crippen LogP contribution < -0.4 is 5.73 Å². The standard InChI is InChI=1S/C14H15NO2S/c1-9-6-10(2)13(15)12(7-9)14(16)17-8-11-4-3-5-18-11/h3-7H,8,15H2,1-2H3. The minimum Gasteiger partial charge on any atom is -0.456 e. The van der Waals surface area contributed by atoms with Gasteiger partial charge in [-0.25, -0.2) is 4.79 Å². The average Bonchev–Trinajstić information content (AvgIpc) is 2.83.